The van der Waals surface area contributed by atoms with E-state index in [4.69, 9.17) is 0 Å². The number of carbonyl (C=O) groups is 2. The summed E-state index contributed by atoms with van der Waals surface area (Å²) in [7, 11) is 0. The number of Topliss-reactive ketones (excluding diaryl/α,β-unsaturated/α-hetero) is 1. The van der Waals surface area contributed by atoms with Gasteiger partial charge in [-0.2, -0.15) is 5.10 Å². The number of nitrogens with zero attached hydrogens (tertiary/aromatic N) is 1. The van der Waals surface area contributed by atoms with Gasteiger partial charge in [0.25, 0.3) is 0 Å². The van der Waals surface area contributed by atoms with E-state index in [1.54, 1.807) is 6.07 Å². The van der Waals surface area contributed by atoms with E-state index in [1.165, 1.54) is 6.20 Å². The first-order valence-corrected chi connectivity index (χ1v) is 4.31. The van der Waals surface area contributed by atoms with Crippen molar-refractivity contribution in [2.75, 3.05) is 13.1 Å². The number of H-pyrrole nitrogens is 1. The topological polar surface area (TPSA) is 86.9 Å². The highest BCUT2D eigenvalue weighted by Crippen LogP contribution is 2.00. The number of carbonyl (C=O) groups excluding carboxylic acids is 2. The average Bonchev–Trinajstić information content (AvgIpc) is 2.69. The zero-order chi connectivity index (χ0) is 9.97. The summed E-state index contributed by atoms with van der Waals surface area (Å²) in [5.41, 5.74) is 0.416. The van der Waals surface area contributed by atoms with Gasteiger partial charge in [0, 0.05) is 12.7 Å². The van der Waals surface area contributed by atoms with E-state index in [-0.39, 0.29) is 18.2 Å². The van der Waals surface area contributed by atoms with Crippen LogP contribution in [0.4, 0.5) is 0 Å². The molecule has 6 heteroatoms. The Morgan fingerprint density at radius 2 is 2.43 bits per heavy atom. The van der Waals surface area contributed by atoms with Gasteiger partial charge in [0.15, 0.2) is 0 Å². The fourth-order valence-corrected chi connectivity index (χ4v) is 1.37. The van der Waals surface area contributed by atoms with Crippen LogP contribution < -0.4 is 10.6 Å². The van der Waals surface area contributed by atoms with E-state index in [0.29, 0.717) is 12.2 Å². The quantitative estimate of drug-likeness (QED) is 0.510. The van der Waals surface area contributed by atoms with Crippen molar-refractivity contribution in [3.8, 4) is 0 Å². The Balaban J connectivity index is 2.08. The minimum absolute atomic E-state index is 0.150. The molecule has 0 saturated carbocycles. The highest BCUT2D eigenvalue weighted by atomic mass is 16.2. The maximum Gasteiger partial charge on any atom is 0.234 e. The van der Waals surface area contributed by atoms with Crippen LogP contribution in [-0.2, 0) is 4.79 Å². The second-order valence-corrected chi connectivity index (χ2v) is 3.09. The smallest absolute Gasteiger partial charge is 0.234 e. The van der Waals surface area contributed by atoms with E-state index in [2.05, 4.69) is 20.8 Å². The summed E-state index contributed by atoms with van der Waals surface area (Å²) in [6, 6.07) is 1.10. The van der Waals surface area contributed by atoms with E-state index in [1.807, 2.05) is 0 Å². The van der Waals surface area contributed by atoms with Crippen LogP contribution in [0.5, 0.6) is 0 Å². The number of hydrogen-bond acceptors (Lipinski definition) is 4. The molecule has 1 amide bonds. The van der Waals surface area contributed by atoms with Gasteiger partial charge in [0.1, 0.15) is 11.7 Å². The molecular weight excluding hydrogens is 184 g/mol. The second kappa shape index (κ2) is 3.59. The average molecular weight is 194 g/mol. The molecule has 0 aliphatic carbocycles. The third-order valence-corrected chi connectivity index (χ3v) is 2.05. The van der Waals surface area contributed by atoms with Crippen molar-refractivity contribution in [2.24, 2.45) is 0 Å². The normalized spacial score (nSPS) is 21.7. The Bertz CT molecular complexity index is 346. The molecule has 1 atom stereocenters. The molecule has 1 aromatic heterocycles. The SMILES string of the molecule is O=C1CNCC(C(=O)c2ccn[nH]2)N1. The van der Waals surface area contributed by atoms with Crippen LogP contribution >= 0.6 is 0 Å². The molecule has 1 saturated heterocycles. The Morgan fingerprint density at radius 1 is 1.57 bits per heavy atom. The Kier molecular flexibility index (Phi) is 2.28. The van der Waals surface area contributed by atoms with Crippen LogP contribution in [0.3, 0.4) is 0 Å². The van der Waals surface area contributed by atoms with Crippen LogP contribution in [0.25, 0.3) is 0 Å². The van der Waals surface area contributed by atoms with Gasteiger partial charge in [0.05, 0.1) is 6.54 Å². The summed E-state index contributed by atoms with van der Waals surface area (Å²) in [4.78, 5) is 22.7. The van der Waals surface area contributed by atoms with Crippen molar-refractivity contribution in [3.63, 3.8) is 0 Å². The molecule has 2 heterocycles. The predicted octanol–water partition coefficient (Wildman–Crippen LogP) is -1.32. The molecule has 3 N–H and O–H groups in total. The highest BCUT2D eigenvalue weighted by molar-refractivity contribution is 6.01. The van der Waals surface area contributed by atoms with Crippen molar-refractivity contribution in [2.45, 2.75) is 6.04 Å². The lowest BCUT2D eigenvalue weighted by Crippen LogP contribution is -2.55. The molecular formula is C8H10N4O2. The Morgan fingerprint density at radius 3 is 3.07 bits per heavy atom. The summed E-state index contributed by atoms with van der Waals surface area (Å²) in [5.74, 6) is -0.308. The summed E-state index contributed by atoms with van der Waals surface area (Å²) >= 11 is 0. The molecule has 1 aliphatic rings. The predicted molar refractivity (Wildman–Crippen MR) is 47.7 cm³/mol. The number of piperazine rings is 1. The third kappa shape index (κ3) is 1.64. The van der Waals surface area contributed by atoms with Crippen LogP contribution in [0.1, 0.15) is 10.5 Å². The summed E-state index contributed by atoms with van der Waals surface area (Å²) in [5, 5.41) is 11.7. The number of nitrogens with one attached hydrogen (secondary N) is 3. The lowest BCUT2D eigenvalue weighted by Gasteiger charge is -2.22. The minimum Gasteiger partial charge on any atom is -0.343 e. The van der Waals surface area contributed by atoms with E-state index < -0.39 is 6.04 Å². The maximum absolute atomic E-state index is 11.7. The number of rotatable bonds is 2. The zero-order valence-corrected chi connectivity index (χ0v) is 7.41. The molecule has 1 unspecified atom stereocenters. The van der Waals surface area contributed by atoms with Gasteiger partial charge in [-0.15, -0.1) is 0 Å². The summed E-state index contributed by atoms with van der Waals surface area (Å²) < 4.78 is 0. The van der Waals surface area contributed by atoms with Gasteiger partial charge in [-0.1, -0.05) is 0 Å². The van der Waals surface area contributed by atoms with Gasteiger partial charge < -0.3 is 10.6 Å². The van der Waals surface area contributed by atoms with Crippen molar-refractivity contribution in [1.29, 1.82) is 0 Å². The molecule has 1 fully saturated rings. The van der Waals surface area contributed by atoms with Gasteiger partial charge >= 0.3 is 0 Å². The standard InChI is InChI=1S/C8H10N4O2/c13-7-4-9-3-6(11-7)8(14)5-1-2-10-12-5/h1-2,6,9H,3-4H2,(H,10,12)(H,11,13). The van der Waals surface area contributed by atoms with Gasteiger partial charge in [-0.05, 0) is 6.07 Å². The van der Waals surface area contributed by atoms with Gasteiger partial charge in [-0.3, -0.25) is 14.7 Å². The van der Waals surface area contributed by atoms with Crippen molar-refractivity contribution in [1.82, 2.24) is 20.8 Å². The van der Waals surface area contributed by atoms with E-state index >= 15 is 0 Å². The fraction of sp³-hybridized carbons (Fsp3) is 0.375. The first-order chi connectivity index (χ1) is 6.77. The lowest BCUT2D eigenvalue weighted by molar-refractivity contribution is -0.121. The highest BCUT2D eigenvalue weighted by Gasteiger charge is 2.25. The van der Waals surface area contributed by atoms with Crippen molar-refractivity contribution < 1.29 is 9.59 Å². The lowest BCUT2D eigenvalue weighted by atomic mass is 10.1. The largest absolute Gasteiger partial charge is 0.343 e. The summed E-state index contributed by atoms with van der Waals surface area (Å²) in [6.45, 7) is 0.732. The first-order valence-electron chi connectivity index (χ1n) is 4.31. The summed E-state index contributed by atoms with van der Waals surface area (Å²) in [6.07, 6.45) is 1.51. The molecule has 0 bridgehead atoms. The molecule has 0 radical (unpaired) electrons. The monoisotopic (exact) mass is 194 g/mol. The van der Waals surface area contributed by atoms with Crippen molar-refractivity contribution in [3.05, 3.63) is 18.0 Å². The first kappa shape index (κ1) is 8.89. The van der Waals surface area contributed by atoms with Crippen LogP contribution in [0, 0.1) is 0 Å². The number of aromatic amines is 1. The molecule has 0 spiro atoms. The fourth-order valence-electron chi connectivity index (χ4n) is 1.37. The Hall–Kier alpha value is -1.69. The van der Waals surface area contributed by atoms with E-state index in [0.717, 1.165) is 0 Å². The maximum atomic E-state index is 11.7. The second-order valence-electron chi connectivity index (χ2n) is 3.09. The molecule has 74 valence electrons. The Labute approximate surface area is 80.1 Å². The van der Waals surface area contributed by atoms with Gasteiger partial charge in [0.2, 0.25) is 11.7 Å². The number of hydrogen-bond donors (Lipinski definition) is 3. The van der Waals surface area contributed by atoms with Crippen LogP contribution in [0.2, 0.25) is 0 Å². The molecule has 0 aromatic carbocycles. The molecule has 14 heavy (non-hydrogen) atoms. The number of ketones is 1. The number of amides is 1. The minimum atomic E-state index is -0.489. The third-order valence-electron chi connectivity index (χ3n) is 2.05. The van der Waals surface area contributed by atoms with Crippen molar-refractivity contribution >= 4 is 11.7 Å². The van der Waals surface area contributed by atoms with E-state index in [9.17, 15) is 9.59 Å². The molecule has 1 aromatic rings. The van der Waals surface area contributed by atoms with Crippen LogP contribution in [0.15, 0.2) is 12.3 Å². The molecule has 6 nitrogen and oxygen atoms in total. The molecule has 2 rings (SSSR count). The number of aromatic nitrogens is 2. The van der Waals surface area contributed by atoms with Gasteiger partial charge in [-0.25, -0.2) is 0 Å². The van der Waals surface area contributed by atoms with Crippen LogP contribution in [-0.4, -0.2) is 41.0 Å². The zero-order valence-electron chi connectivity index (χ0n) is 7.41. The molecule has 1 aliphatic heterocycles.